The van der Waals surface area contributed by atoms with Gasteiger partial charge in [0.2, 0.25) is 0 Å². The van der Waals surface area contributed by atoms with Crippen molar-refractivity contribution < 1.29 is 5.11 Å². The van der Waals surface area contributed by atoms with Crippen LogP contribution < -0.4 is 0 Å². The summed E-state index contributed by atoms with van der Waals surface area (Å²) < 4.78 is 0. The summed E-state index contributed by atoms with van der Waals surface area (Å²) in [5, 5.41) is 10.7. The summed E-state index contributed by atoms with van der Waals surface area (Å²) in [4.78, 5) is 2.47. The van der Waals surface area contributed by atoms with Crippen molar-refractivity contribution in [3.05, 3.63) is 0 Å². The van der Waals surface area contributed by atoms with Gasteiger partial charge in [0.15, 0.2) is 0 Å². The molecule has 1 saturated heterocycles. The quantitative estimate of drug-likeness (QED) is 0.629. The minimum Gasteiger partial charge on any atom is -0.390 e. The third-order valence-electron chi connectivity index (χ3n) is 4.70. The van der Waals surface area contributed by atoms with E-state index < -0.39 is 0 Å². The molecule has 0 aromatic rings. The maximum absolute atomic E-state index is 10.7. The first kappa shape index (κ1) is 17.0. The maximum atomic E-state index is 10.7. The minimum absolute atomic E-state index is 0.354. The number of unbranched alkanes of at least 4 members (excludes halogenated alkanes) is 6. The van der Waals surface area contributed by atoms with Crippen LogP contribution in [0.1, 0.15) is 84.5 Å². The molecule has 1 N–H and O–H groups in total. The molecule has 0 bridgehead atoms. The number of nitrogens with zero attached hydrogens (tertiary/aromatic N) is 1. The van der Waals surface area contributed by atoms with Gasteiger partial charge in [-0.25, -0.2) is 0 Å². The zero-order valence-corrected chi connectivity index (χ0v) is 13.3. The van der Waals surface area contributed by atoms with Crippen molar-refractivity contribution in [1.29, 1.82) is 0 Å². The van der Waals surface area contributed by atoms with Crippen LogP contribution in [0.25, 0.3) is 0 Å². The third-order valence-corrected chi connectivity index (χ3v) is 4.70. The number of hydrogen-bond donors (Lipinski definition) is 1. The highest BCUT2D eigenvalue weighted by molar-refractivity contribution is 4.83. The monoisotopic (exact) mass is 269 g/mol. The van der Waals surface area contributed by atoms with Gasteiger partial charge >= 0.3 is 0 Å². The van der Waals surface area contributed by atoms with Crippen LogP contribution in [0.15, 0.2) is 0 Å². The number of likely N-dealkylation sites (tertiary alicyclic amines) is 1. The van der Waals surface area contributed by atoms with Crippen molar-refractivity contribution in [2.24, 2.45) is 0 Å². The minimum atomic E-state index is -0.354. The molecule has 1 heterocycles. The molecule has 0 saturated carbocycles. The van der Waals surface area contributed by atoms with Gasteiger partial charge in [0, 0.05) is 6.54 Å². The Bertz CT molecular complexity index is 219. The fourth-order valence-electron chi connectivity index (χ4n) is 3.21. The molecule has 2 heteroatoms. The molecule has 0 spiro atoms. The fourth-order valence-corrected chi connectivity index (χ4v) is 3.21. The highest BCUT2D eigenvalue weighted by atomic mass is 16.3. The van der Waals surface area contributed by atoms with E-state index >= 15 is 0 Å². The van der Waals surface area contributed by atoms with Crippen LogP contribution >= 0.6 is 0 Å². The van der Waals surface area contributed by atoms with Crippen molar-refractivity contribution in [2.45, 2.75) is 90.1 Å². The number of rotatable bonds is 9. The van der Waals surface area contributed by atoms with Crippen molar-refractivity contribution in [3.8, 4) is 0 Å². The number of aliphatic hydroxyl groups is 1. The van der Waals surface area contributed by atoms with Gasteiger partial charge in [-0.05, 0) is 38.8 Å². The van der Waals surface area contributed by atoms with E-state index in [1.54, 1.807) is 0 Å². The molecule has 1 unspecified atom stereocenters. The van der Waals surface area contributed by atoms with Crippen molar-refractivity contribution in [2.75, 3.05) is 19.6 Å². The lowest BCUT2D eigenvalue weighted by Crippen LogP contribution is -2.31. The highest BCUT2D eigenvalue weighted by Gasteiger charge is 2.28. The van der Waals surface area contributed by atoms with E-state index in [2.05, 4.69) is 18.7 Å². The Labute approximate surface area is 120 Å². The molecule has 1 aliphatic heterocycles. The van der Waals surface area contributed by atoms with Crippen LogP contribution in [0.2, 0.25) is 0 Å². The summed E-state index contributed by atoms with van der Waals surface area (Å²) in [5.74, 6) is 0. The third kappa shape index (κ3) is 7.31. The molecule has 0 radical (unpaired) electrons. The van der Waals surface area contributed by atoms with Gasteiger partial charge in [-0.1, -0.05) is 58.8 Å². The topological polar surface area (TPSA) is 23.5 Å². The SMILES string of the molecule is CCCCCCCCCC1(O)CCCN(CC)CC1. The Hall–Kier alpha value is -0.0800. The Morgan fingerprint density at radius 2 is 1.58 bits per heavy atom. The molecule has 0 aliphatic carbocycles. The summed E-state index contributed by atoms with van der Waals surface area (Å²) in [6, 6.07) is 0. The summed E-state index contributed by atoms with van der Waals surface area (Å²) in [7, 11) is 0. The van der Waals surface area contributed by atoms with Crippen LogP contribution in [0.4, 0.5) is 0 Å². The zero-order valence-electron chi connectivity index (χ0n) is 13.3. The van der Waals surface area contributed by atoms with Gasteiger partial charge in [0.1, 0.15) is 0 Å². The van der Waals surface area contributed by atoms with Crippen LogP contribution in [0, 0.1) is 0 Å². The van der Waals surface area contributed by atoms with Gasteiger partial charge in [-0.2, -0.15) is 0 Å². The average Bonchev–Trinajstić information content (AvgIpc) is 2.60. The average molecular weight is 269 g/mol. The van der Waals surface area contributed by atoms with Gasteiger partial charge in [0.05, 0.1) is 5.60 Å². The molecule has 0 amide bonds. The largest absolute Gasteiger partial charge is 0.390 e. The smallest absolute Gasteiger partial charge is 0.0660 e. The van der Waals surface area contributed by atoms with Crippen molar-refractivity contribution >= 4 is 0 Å². The fraction of sp³-hybridized carbons (Fsp3) is 1.00. The summed E-state index contributed by atoms with van der Waals surface area (Å²) in [5.41, 5.74) is -0.354. The molecule has 19 heavy (non-hydrogen) atoms. The first-order valence-corrected chi connectivity index (χ1v) is 8.65. The summed E-state index contributed by atoms with van der Waals surface area (Å²) in [6.45, 7) is 7.88. The lowest BCUT2D eigenvalue weighted by Gasteiger charge is -2.27. The van der Waals surface area contributed by atoms with Gasteiger partial charge < -0.3 is 10.0 Å². The van der Waals surface area contributed by atoms with Crippen molar-refractivity contribution in [1.82, 2.24) is 4.90 Å². The lowest BCUT2D eigenvalue weighted by molar-refractivity contribution is 0.0146. The molecule has 1 rings (SSSR count). The standard InChI is InChI=1S/C17H35NO/c1-3-5-6-7-8-9-10-12-17(19)13-11-15-18(4-2)16-14-17/h19H,3-16H2,1-2H3. The second-order valence-corrected chi connectivity index (χ2v) is 6.38. The maximum Gasteiger partial charge on any atom is 0.0660 e. The molecule has 1 atom stereocenters. The van der Waals surface area contributed by atoms with Crippen molar-refractivity contribution in [3.63, 3.8) is 0 Å². The first-order valence-electron chi connectivity index (χ1n) is 8.65. The van der Waals surface area contributed by atoms with Gasteiger partial charge in [0.25, 0.3) is 0 Å². The summed E-state index contributed by atoms with van der Waals surface area (Å²) >= 11 is 0. The molecular formula is C17H35NO. The number of hydrogen-bond acceptors (Lipinski definition) is 2. The Morgan fingerprint density at radius 3 is 2.26 bits per heavy atom. The van der Waals surface area contributed by atoms with Crippen LogP contribution in [-0.2, 0) is 0 Å². The van der Waals surface area contributed by atoms with E-state index in [0.29, 0.717) is 0 Å². The van der Waals surface area contributed by atoms with E-state index in [0.717, 1.165) is 32.4 Å². The molecule has 0 aromatic heterocycles. The summed E-state index contributed by atoms with van der Waals surface area (Å²) in [6.07, 6.45) is 13.6. The first-order chi connectivity index (χ1) is 9.20. The van der Waals surface area contributed by atoms with Crippen LogP contribution in [0.5, 0.6) is 0 Å². The zero-order chi connectivity index (χ0) is 14.0. The molecular weight excluding hydrogens is 234 g/mol. The van der Waals surface area contributed by atoms with Gasteiger partial charge in [-0.3, -0.25) is 0 Å². The molecule has 1 aliphatic rings. The Kier molecular flexibility index (Phi) is 8.72. The van der Waals surface area contributed by atoms with Gasteiger partial charge in [-0.15, -0.1) is 0 Å². The highest BCUT2D eigenvalue weighted by Crippen LogP contribution is 2.28. The van der Waals surface area contributed by atoms with Crippen LogP contribution in [-0.4, -0.2) is 35.2 Å². The van der Waals surface area contributed by atoms with E-state index in [4.69, 9.17) is 0 Å². The van der Waals surface area contributed by atoms with E-state index in [1.165, 1.54) is 57.9 Å². The molecule has 114 valence electrons. The predicted molar refractivity (Wildman–Crippen MR) is 83.5 cm³/mol. The van der Waals surface area contributed by atoms with Crippen LogP contribution in [0.3, 0.4) is 0 Å². The molecule has 2 nitrogen and oxygen atoms in total. The lowest BCUT2D eigenvalue weighted by atomic mass is 9.88. The molecule has 0 aromatic carbocycles. The van der Waals surface area contributed by atoms with E-state index in [1.807, 2.05) is 0 Å². The molecule has 1 fully saturated rings. The van der Waals surface area contributed by atoms with E-state index in [-0.39, 0.29) is 5.60 Å². The Balaban J connectivity index is 2.10. The second-order valence-electron chi connectivity index (χ2n) is 6.38. The normalized spacial score (nSPS) is 25.4. The van der Waals surface area contributed by atoms with E-state index in [9.17, 15) is 5.11 Å². The Morgan fingerprint density at radius 1 is 0.895 bits per heavy atom. The second kappa shape index (κ2) is 9.77. The predicted octanol–water partition coefficient (Wildman–Crippen LogP) is 4.36.